The van der Waals surface area contributed by atoms with Gasteiger partial charge in [0.1, 0.15) is 0 Å². The monoisotopic (exact) mass is 351 g/mol. The van der Waals surface area contributed by atoms with Crippen molar-refractivity contribution in [3.05, 3.63) is 71.8 Å². The minimum Gasteiger partial charge on any atom is -0.338 e. The summed E-state index contributed by atoms with van der Waals surface area (Å²) in [6.07, 6.45) is 2.28. The number of nitrogens with one attached hydrogen (secondary N) is 2. The fraction of sp³-hybridized carbons (Fsp3) is 0.409. The molecule has 2 aromatic rings. The molecule has 26 heavy (non-hydrogen) atoms. The third-order valence-corrected chi connectivity index (χ3v) is 5.15. The standard InChI is InChI=1S/C22H29N3O/c1-18(21-10-6-3-7-11-21)24-22(26)23-16-19-12-14-25(15-13-19)17-20-8-4-2-5-9-20/h2-11,18-19H,12-17H2,1H3,(H2,23,24,26). The first kappa shape index (κ1) is 18.5. The Morgan fingerprint density at radius 2 is 1.65 bits per heavy atom. The predicted octanol–water partition coefficient (Wildman–Crippen LogP) is 3.96. The Hall–Kier alpha value is -2.33. The summed E-state index contributed by atoms with van der Waals surface area (Å²) in [6.45, 7) is 5.99. The molecule has 3 rings (SSSR count). The van der Waals surface area contributed by atoms with Crippen LogP contribution in [0, 0.1) is 5.92 Å². The highest BCUT2D eigenvalue weighted by Gasteiger charge is 2.20. The Bertz CT molecular complexity index is 666. The van der Waals surface area contributed by atoms with Gasteiger partial charge in [-0.3, -0.25) is 4.90 Å². The second kappa shape index (κ2) is 9.39. The maximum absolute atomic E-state index is 12.1. The van der Waals surface area contributed by atoms with Gasteiger partial charge in [0.05, 0.1) is 6.04 Å². The van der Waals surface area contributed by atoms with Gasteiger partial charge in [0.25, 0.3) is 0 Å². The fourth-order valence-electron chi connectivity index (χ4n) is 3.50. The van der Waals surface area contributed by atoms with Gasteiger partial charge < -0.3 is 10.6 Å². The van der Waals surface area contributed by atoms with Gasteiger partial charge in [0.15, 0.2) is 0 Å². The van der Waals surface area contributed by atoms with Crippen molar-refractivity contribution >= 4 is 6.03 Å². The fourth-order valence-corrected chi connectivity index (χ4v) is 3.50. The summed E-state index contributed by atoms with van der Waals surface area (Å²) in [5.41, 5.74) is 2.50. The van der Waals surface area contributed by atoms with E-state index in [1.54, 1.807) is 0 Å². The van der Waals surface area contributed by atoms with Crippen molar-refractivity contribution in [3.63, 3.8) is 0 Å². The molecular weight excluding hydrogens is 322 g/mol. The second-order valence-corrected chi connectivity index (χ2v) is 7.19. The smallest absolute Gasteiger partial charge is 0.315 e. The number of carbonyl (C=O) groups is 1. The number of carbonyl (C=O) groups excluding carboxylic acids is 1. The molecule has 0 spiro atoms. The Labute approximate surface area is 156 Å². The molecule has 2 aromatic carbocycles. The Balaban J connectivity index is 1.35. The molecule has 1 fully saturated rings. The summed E-state index contributed by atoms with van der Waals surface area (Å²) < 4.78 is 0. The van der Waals surface area contributed by atoms with E-state index < -0.39 is 0 Å². The van der Waals surface area contributed by atoms with Gasteiger partial charge >= 0.3 is 6.03 Å². The summed E-state index contributed by atoms with van der Waals surface area (Å²) >= 11 is 0. The van der Waals surface area contributed by atoms with Crippen LogP contribution in [0.4, 0.5) is 4.79 Å². The van der Waals surface area contributed by atoms with Gasteiger partial charge in [-0.1, -0.05) is 60.7 Å². The molecule has 1 heterocycles. The molecule has 1 saturated heterocycles. The van der Waals surface area contributed by atoms with Crippen LogP contribution in [0.1, 0.15) is 36.9 Å². The van der Waals surface area contributed by atoms with Crippen LogP contribution in [0.2, 0.25) is 0 Å². The van der Waals surface area contributed by atoms with Crippen molar-refractivity contribution in [1.82, 2.24) is 15.5 Å². The molecule has 0 saturated carbocycles. The minimum absolute atomic E-state index is 0.0175. The Kier molecular flexibility index (Phi) is 6.67. The SMILES string of the molecule is CC(NC(=O)NCC1CCN(Cc2ccccc2)CC1)c1ccccc1. The van der Waals surface area contributed by atoms with Gasteiger partial charge in [0.2, 0.25) is 0 Å². The highest BCUT2D eigenvalue weighted by Crippen LogP contribution is 2.18. The van der Waals surface area contributed by atoms with Crippen LogP contribution in [0.3, 0.4) is 0 Å². The number of amides is 2. The third-order valence-electron chi connectivity index (χ3n) is 5.15. The zero-order chi connectivity index (χ0) is 18.2. The lowest BCUT2D eigenvalue weighted by Gasteiger charge is -2.32. The summed E-state index contributed by atoms with van der Waals surface area (Å²) in [5, 5.41) is 6.07. The van der Waals surface area contributed by atoms with Crippen molar-refractivity contribution in [1.29, 1.82) is 0 Å². The second-order valence-electron chi connectivity index (χ2n) is 7.19. The topological polar surface area (TPSA) is 44.4 Å². The molecule has 0 aliphatic carbocycles. The lowest BCUT2D eigenvalue weighted by atomic mass is 9.96. The Morgan fingerprint density at radius 1 is 1.04 bits per heavy atom. The lowest BCUT2D eigenvalue weighted by molar-refractivity contribution is 0.174. The number of piperidine rings is 1. The van der Waals surface area contributed by atoms with Crippen LogP contribution in [-0.4, -0.2) is 30.6 Å². The van der Waals surface area contributed by atoms with Crippen LogP contribution in [0.5, 0.6) is 0 Å². The summed E-state index contributed by atoms with van der Waals surface area (Å²) in [4.78, 5) is 14.6. The average Bonchev–Trinajstić information content (AvgIpc) is 2.69. The Morgan fingerprint density at radius 3 is 2.31 bits per heavy atom. The molecule has 138 valence electrons. The number of hydrogen-bond acceptors (Lipinski definition) is 2. The minimum atomic E-state index is -0.0759. The summed E-state index contributed by atoms with van der Waals surface area (Å²) in [7, 11) is 0. The molecule has 1 aliphatic rings. The van der Waals surface area contributed by atoms with E-state index in [0.717, 1.165) is 44.6 Å². The van der Waals surface area contributed by atoms with E-state index >= 15 is 0 Å². The number of likely N-dealkylation sites (tertiary alicyclic amines) is 1. The highest BCUT2D eigenvalue weighted by molar-refractivity contribution is 5.74. The van der Waals surface area contributed by atoms with Gasteiger partial charge in [0, 0.05) is 13.1 Å². The van der Waals surface area contributed by atoms with Gasteiger partial charge in [-0.05, 0) is 49.9 Å². The van der Waals surface area contributed by atoms with Crippen LogP contribution >= 0.6 is 0 Å². The van der Waals surface area contributed by atoms with Crippen LogP contribution in [0.25, 0.3) is 0 Å². The van der Waals surface area contributed by atoms with Crippen molar-refractivity contribution < 1.29 is 4.79 Å². The molecule has 4 nitrogen and oxygen atoms in total. The molecule has 1 aliphatic heterocycles. The number of nitrogens with zero attached hydrogens (tertiary/aromatic N) is 1. The van der Waals surface area contributed by atoms with E-state index in [-0.39, 0.29) is 12.1 Å². The quantitative estimate of drug-likeness (QED) is 0.827. The zero-order valence-electron chi connectivity index (χ0n) is 15.5. The van der Waals surface area contributed by atoms with Crippen molar-refractivity contribution in [3.8, 4) is 0 Å². The number of hydrogen-bond donors (Lipinski definition) is 2. The summed E-state index contributed by atoms with van der Waals surface area (Å²) in [5.74, 6) is 0.569. The number of rotatable bonds is 6. The van der Waals surface area contributed by atoms with Crippen molar-refractivity contribution in [2.24, 2.45) is 5.92 Å². The van der Waals surface area contributed by atoms with Crippen molar-refractivity contribution in [2.75, 3.05) is 19.6 Å². The van der Waals surface area contributed by atoms with E-state index in [2.05, 4.69) is 45.9 Å². The van der Waals surface area contributed by atoms with Gasteiger partial charge in [-0.2, -0.15) is 0 Å². The molecule has 2 N–H and O–H groups in total. The third kappa shape index (κ3) is 5.60. The van der Waals surface area contributed by atoms with Gasteiger partial charge in [-0.15, -0.1) is 0 Å². The number of urea groups is 1. The number of benzene rings is 2. The molecular formula is C22H29N3O. The molecule has 2 amide bonds. The first-order chi connectivity index (χ1) is 12.7. The van der Waals surface area contributed by atoms with Crippen LogP contribution in [-0.2, 0) is 6.54 Å². The van der Waals surface area contributed by atoms with Crippen LogP contribution < -0.4 is 10.6 Å². The van der Waals surface area contributed by atoms with E-state index in [4.69, 9.17) is 0 Å². The molecule has 1 atom stereocenters. The van der Waals surface area contributed by atoms with Crippen molar-refractivity contribution in [2.45, 2.75) is 32.4 Å². The maximum Gasteiger partial charge on any atom is 0.315 e. The zero-order valence-corrected chi connectivity index (χ0v) is 15.5. The van der Waals surface area contributed by atoms with E-state index in [9.17, 15) is 4.79 Å². The molecule has 1 unspecified atom stereocenters. The van der Waals surface area contributed by atoms with E-state index in [0.29, 0.717) is 5.92 Å². The van der Waals surface area contributed by atoms with E-state index in [1.807, 2.05) is 37.3 Å². The molecule has 0 bridgehead atoms. The first-order valence-corrected chi connectivity index (χ1v) is 9.56. The molecule has 4 heteroatoms. The summed E-state index contributed by atoms with van der Waals surface area (Å²) in [6, 6.07) is 20.6. The normalized spacial score (nSPS) is 16.8. The first-order valence-electron chi connectivity index (χ1n) is 9.56. The van der Waals surface area contributed by atoms with E-state index in [1.165, 1.54) is 5.56 Å². The highest BCUT2D eigenvalue weighted by atomic mass is 16.2. The van der Waals surface area contributed by atoms with Gasteiger partial charge in [-0.25, -0.2) is 4.79 Å². The largest absolute Gasteiger partial charge is 0.338 e. The lowest BCUT2D eigenvalue weighted by Crippen LogP contribution is -2.42. The molecule has 0 radical (unpaired) electrons. The van der Waals surface area contributed by atoms with Crippen LogP contribution in [0.15, 0.2) is 60.7 Å². The average molecular weight is 351 g/mol. The predicted molar refractivity (Wildman–Crippen MR) is 106 cm³/mol. The maximum atomic E-state index is 12.1. The molecule has 0 aromatic heterocycles.